The lowest BCUT2D eigenvalue weighted by molar-refractivity contribution is -0.550. The van der Waals surface area contributed by atoms with Crippen molar-refractivity contribution in [2.75, 3.05) is 11.9 Å². The second-order valence-electron chi connectivity index (χ2n) is 12.6. The van der Waals surface area contributed by atoms with Crippen LogP contribution >= 0.6 is 0 Å². The highest BCUT2D eigenvalue weighted by Gasteiger charge is 2.41. The van der Waals surface area contributed by atoms with Crippen LogP contribution in [0.15, 0.2) is 71.4 Å². The van der Waals surface area contributed by atoms with E-state index in [-0.39, 0.29) is 16.2 Å². The van der Waals surface area contributed by atoms with Crippen molar-refractivity contribution in [1.29, 1.82) is 0 Å². The Labute approximate surface area is 205 Å². The lowest BCUT2D eigenvalue weighted by Gasteiger charge is -2.60. The average molecular weight is 462 g/mol. The summed E-state index contributed by atoms with van der Waals surface area (Å²) < 4.78 is 6.22. The highest BCUT2D eigenvalue weighted by atomic mass is 16.5. The number of hydrogen-bond donors (Lipinski definition) is 0. The molecular weight excluding hydrogens is 422 g/mol. The Hall–Kier alpha value is -2.30. The molecule has 0 N–H and O–H groups in total. The van der Waals surface area contributed by atoms with Crippen LogP contribution in [0.25, 0.3) is 0 Å². The summed E-state index contributed by atoms with van der Waals surface area (Å²) in [6, 6.07) is 8.30. The van der Waals surface area contributed by atoms with Crippen LogP contribution in [0.2, 0.25) is 0 Å². The molecule has 0 aromatic heterocycles. The number of rotatable bonds is 2. The van der Waals surface area contributed by atoms with Crippen molar-refractivity contribution < 1.29 is 14.9 Å². The first kappa shape index (κ1) is 24.8. The average Bonchev–Trinajstić information content (AvgIpc) is 2.94. The summed E-state index contributed by atoms with van der Waals surface area (Å²) in [5, 5.41) is 26.6. The first-order valence-corrected chi connectivity index (χ1v) is 12.3. The molecule has 184 valence electrons. The molecular formula is C30H39NO3-2. The van der Waals surface area contributed by atoms with E-state index in [0.29, 0.717) is 0 Å². The molecule has 2 atom stereocenters. The minimum Gasteiger partial charge on any atom is -0.851 e. The van der Waals surface area contributed by atoms with Crippen molar-refractivity contribution in [2.24, 2.45) is 22.7 Å². The fourth-order valence-electron chi connectivity index (χ4n) is 5.18. The minimum atomic E-state index is -0.948. The Morgan fingerprint density at radius 2 is 1.35 bits per heavy atom. The van der Waals surface area contributed by atoms with Gasteiger partial charge >= 0.3 is 0 Å². The highest BCUT2D eigenvalue weighted by Crippen LogP contribution is 2.48. The van der Waals surface area contributed by atoms with Gasteiger partial charge in [0.15, 0.2) is 0 Å². The standard InChI is InChI=1S/C30H39NO3/c1-28(2,3)24-15-18(16-25(34-24)29(4,5)6)14-19-26(32)20(27(19)33)17-23-30(7,8)21-12-10-11-13-22(21)31(23)9/h10-17,19-20,26-27H,1-9H3/q-2. The van der Waals surface area contributed by atoms with E-state index in [1.54, 1.807) is 0 Å². The van der Waals surface area contributed by atoms with E-state index in [1.165, 1.54) is 5.56 Å². The predicted octanol–water partition coefficient (Wildman–Crippen LogP) is 4.82. The zero-order valence-corrected chi connectivity index (χ0v) is 22.1. The summed E-state index contributed by atoms with van der Waals surface area (Å²) in [6.07, 6.45) is 5.94. The number of allylic oxidation sites excluding steroid dienone is 6. The molecule has 1 saturated carbocycles. The molecule has 0 spiro atoms. The number of anilines is 1. The van der Waals surface area contributed by atoms with Gasteiger partial charge in [0.05, 0.1) is 0 Å². The molecule has 2 unspecified atom stereocenters. The number of nitrogens with zero attached hydrogens (tertiary/aromatic N) is 1. The zero-order chi connectivity index (χ0) is 25.2. The summed E-state index contributed by atoms with van der Waals surface area (Å²) >= 11 is 0. The van der Waals surface area contributed by atoms with Crippen molar-refractivity contribution >= 4 is 5.69 Å². The van der Waals surface area contributed by atoms with E-state index in [0.717, 1.165) is 28.5 Å². The van der Waals surface area contributed by atoms with Crippen LogP contribution < -0.4 is 15.1 Å². The van der Waals surface area contributed by atoms with E-state index >= 15 is 0 Å². The fourth-order valence-corrected chi connectivity index (χ4v) is 5.18. The van der Waals surface area contributed by atoms with Crippen molar-refractivity contribution in [3.63, 3.8) is 0 Å². The number of ether oxygens (including phenoxy) is 1. The first-order chi connectivity index (χ1) is 15.6. The van der Waals surface area contributed by atoms with Gasteiger partial charge in [-0.2, -0.15) is 0 Å². The summed E-state index contributed by atoms with van der Waals surface area (Å²) in [5.41, 5.74) is 3.75. The molecule has 3 aliphatic rings. The van der Waals surface area contributed by atoms with E-state index in [2.05, 4.69) is 72.4 Å². The Morgan fingerprint density at radius 1 is 0.853 bits per heavy atom. The molecule has 1 aliphatic carbocycles. The summed E-state index contributed by atoms with van der Waals surface area (Å²) in [6.45, 7) is 17.0. The number of fused-ring (bicyclic) bond motifs is 1. The SMILES string of the molecule is CN1C(=CC2C([O-])C(C=C3C=C(C(C)(C)C)OC(C(C)(C)C)=C3)C2[O-])C(C)(C)c2ccccc21. The van der Waals surface area contributed by atoms with Gasteiger partial charge in [0, 0.05) is 34.7 Å². The topological polar surface area (TPSA) is 58.6 Å². The molecule has 2 aliphatic heterocycles. The molecule has 0 saturated heterocycles. The van der Waals surface area contributed by atoms with Gasteiger partial charge < -0.3 is 19.8 Å². The maximum atomic E-state index is 13.3. The number of hydrogen-bond acceptors (Lipinski definition) is 4. The van der Waals surface area contributed by atoms with Gasteiger partial charge in [0.1, 0.15) is 11.5 Å². The minimum absolute atomic E-state index is 0.169. The number of benzene rings is 1. The van der Waals surface area contributed by atoms with Gasteiger partial charge in [-0.1, -0.05) is 85.7 Å². The van der Waals surface area contributed by atoms with Crippen molar-refractivity contribution in [3.8, 4) is 0 Å². The Bertz CT molecular complexity index is 1050. The van der Waals surface area contributed by atoms with Gasteiger partial charge in [-0.3, -0.25) is 0 Å². The quantitative estimate of drug-likeness (QED) is 0.634. The van der Waals surface area contributed by atoms with Crippen LogP contribution in [0.5, 0.6) is 0 Å². The normalized spacial score (nSPS) is 29.8. The fraction of sp³-hybridized carbons (Fsp3) is 0.533. The molecule has 4 heteroatoms. The van der Waals surface area contributed by atoms with Crippen LogP contribution in [0.4, 0.5) is 5.69 Å². The van der Waals surface area contributed by atoms with Crippen LogP contribution in [0.3, 0.4) is 0 Å². The zero-order valence-electron chi connectivity index (χ0n) is 22.1. The molecule has 2 heterocycles. The van der Waals surface area contributed by atoms with Gasteiger partial charge in [0.25, 0.3) is 0 Å². The van der Waals surface area contributed by atoms with Crippen LogP contribution in [0, 0.1) is 22.7 Å². The van der Waals surface area contributed by atoms with Gasteiger partial charge in [0.2, 0.25) is 0 Å². The van der Waals surface area contributed by atoms with E-state index in [9.17, 15) is 10.2 Å². The molecule has 1 aromatic carbocycles. The Morgan fingerprint density at radius 3 is 1.85 bits per heavy atom. The van der Waals surface area contributed by atoms with Crippen LogP contribution in [-0.4, -0.2) is 19.3 Å². The third-order valence-electron chi connectivity index (χ3n) is 7.49. The lowest BCUT2D eigenvalue weighted by atomic mass is 9.66. The third-order valence-corrected chi connectivity index (χ3v) is 7.49. The maximum Gasteiger partial charge on any atom is 0.109 e. The largest absolute Gasteiger partial charge is 0.851 e. The maximum absolute atomic E-state index is 13.3. The molecule has 0 bridgehead atoms. The van der Waals surface area contributed by atoms with E-state index in [1.807, 2.05) is 43.5 Å². The van der Waals surface area contributed by atoms with Crippen LogP contribution in [0.1, 0.15) is 61.0 Å². The lowest BCUT2D eigenvalue weighted by Crippen LogP contribution is -2.66. The van der Waals surface area contributed by atoms with Crippen LogP contribution in [-0.2, 0) is 10.2 Å². The van der Waals surface area contributed by atoms with Gasteiger partial charge in [-0.15, -0.1) is 12.2 Å². The Balaban J connectivity index is 1.62. The molecule has 1 fully saturated rings. The molecule has 0 amide bonds. The number of likely N-dealkylation sites (N-methyl/N-ethyl adjacent to an activating group) is 1. The monoisotopic (exact) mass is 461 g/mol. The van der Waals surface area contributed by atoms with E-state index < -0.39 is 24.0 Å². The summed E-state index contributed by atoms with van der Waals surface area (Å²) in [5.74, 6) is 0.661. The molecule has 34 heavy (non-hydrogen) atoms. The third kappa shape index (κ3) is 4.16. The van der Waals surface area contributed by atoms with E-state index in [4.69, 9.17) is 4.74 Å². The molecule has 4 nitrogen and oxygen atoms in total. The smallest absolute Gasteiger partial charge is 0.109 e. The Kier molecular flexibility index (Phi) is 5.94. The van der Waals surface area contributed by atoms with Crippen molar-refractivity contribution in [1.82, 2.24) is 0 Å². The highest BCUT2D eigenvalue weighted by molar-refractivity contribution is 5.69. The number of para-hydroxylation sites is 1. The van der Waals surface area contributed by atoms with Gasteiger partial charge in [-0.25, -0.2) is 0 Å². The molecule has 0 radical (unpaired) electrons. The first-order valence-electron chi connectivity index (χ1n) is 12.3. The van der Waals surface area contributed by atoms with Crippen molar-refractivity contribution in [2.45, 2.75) is 73.0 Å². The second-order valence-corrected chi connectivity index (χ2v) is 12.6. The van der Waals surface area contributed by atoms with Gasteiger partial charge in [-0.05, 0) is 41.2 Å². The molecule has 4 rings (SSSR count). The van der Waals surface area contributed by atoms with Crippen molar-refractivity contribution in [3.05, 3.63) is 76.9 Å². The second kappa shape index (κ2) is 8.13. The summed E-state index contributed by atoms with van der Waals surface area (Å²) in [7, 11) is 2.02. The predicted molar refractivity (Wildman–Crippen MR) is 135 cm³/mol. The summed E-state index contributed by atoms with van der Waals surface area (Å²) in [4.78, 5) is 2.13. The molecule has 1 aromatic rings.